The van der Waals surface area contributed by atoms with Crippen LogP contribution in [0, 0.1) is 0 Å². The Morgan fingerprint density at radius 2 is 1.39 bits per heavy atom. The van der Waals surface area contributed by atoms with Crippen LogP contribution in [0.1, 0.15) is 64.2 Å². The molecule has 0 radical (unpaired) electrons. The normalized spacial score (nSPS) is 13.8. The lowest BCUT2D eigenvalue weighted by Gasteiger charge is -2.23. The van der Waals surface area contributed by atoms with Crippen molar-refractivity contribution in [3.63, 3.8) is 0 Å². The van der Waals surface area contributed by atoms with Crippen molar-refractivity contribution in [2.45, 2.75) is 70.3 Å². The Hall–Kier alpha value is -2.58. The zero-order valence-electron chi connectivity index (χ0n) is 19.5. The molecule has 186 valence electrons. The topological polar surface area (TPSA) is 128 Å². The van der Waals surface area contributed by atoms with Gasteiger partial charge >= 0.3 is 11.9 Å². The average Bonchev–Trinajstić information content (AvgIpc) is 2.81. The lowest BCUT2D eigenvalue weighted by Crippen LogP contribution is -2.34. The lowest BCUT2D eigenvalue weighted by atomic mass is 10.1. The summed E-state index contributed by atoms with van der Waals surface area (Å²) in [4.78, 5) is 19.1. The number of nitrogens with one attached hydrogen (secondary N) is 2. The standard InChI is InChI=1S/C21H36N2O2.C4H4O4/c24-18-8-6-4-2-1-3-5-7-15-23-19-9-11-20(12-10-19)25-21-13-16-22-17-14-21;5-3(6)1-2-4(7)8/h9-12,21-24H,1-8,13-18H2;1-2H,(H,5,6)(H,7,8)/b;2-1+. The number of aliphatic hydroxyl groups is 1. The zero-order valence-corrected chi connectivity index (χ0v) is 19.5. The molecule has 33 heavy (non-hydrogen) atoms. The molecule has 8 nitrogen and oxygen atoms in total. The summed E-state index contributed by atoms with van der Waals surface area (Å²) < 4.78 is 6.03. The second-order valence-electron chi connectivity index (χ2n) is 8.08. The second-order valence-corrected chi connectivity index (χ2v) is 8.08. The van der Waals surface area contributed by atoms with E-state index >= 15 is 0 Å². The fraction of sp³-hybridized carbons (Fsp3) is 0.600. The number of unbranched alkanes of at least 4 members (excludes halogenated alkanes) is 7. The molecule has 8 heteroatoms. The van der Waals surface area contributed by atoms with Crippen LogP contribution in [0.5, 0.6) is 5.75 Å². The highest BCUT2D eigenvalue weighted by atomic mass is 16.5. The predicted octanol–water partition coefficient (Wildman–Crippen LogP) is 4.05. The highest BCUT2D eigenvalue weighted by molar-refractivity contribution is 5.89. The van der Waals surface area contributed by atoms with Gasteiger partial charge in [0.1, 0.15) is 11.9 Å². The molecule has 1 aliphatic rings. The van der Waals surface area contributed by atoms with Crippen LogP contribution < -0.4 is 15.4 Å². The molecule has 0 saturated carbocycles. The molecule has 1 heterocycles. The molecule has 1 saturated heterocycles. The minimum Gasteiger partial charge on any atom is -0.490 e. The van der Waals surface area contributed by atoms with Gasteiger partial charge < -0.3 is 30.7 Å². The smallest absolute Gasteiger partial charge is 0.328 e. The van der Waals surface area contributed by atoms with E-state index in [4.69, 9.17) is 20.1 Å². The highest BCUT2D eigenvalue weighted by Gasteiger charge is 2.14. The predicted molar refractivity (Wildman–Crippen MR) is 130 cm³/mol. The van der Waals surface area contributed by atoms with Crippen molar-refractivity contribution >= 4 is 17.6 Å². The van der Waals surface area contributed by atoms with Gasteiger partial charge in [-0.1, -0.05) is 38.5 Å². The van der Waals surface area contributed by atoms with E-state index in [1.807, 2.05) is 0 Å². The number of carboxylic acid groups (broad SMARTS) is 2. The summed E-state index contributed by atoms with van der Waals surface area (Å²) in [6.07, 6.45) is 13.6. The Bertz CT molecular complexity index is 656. The van der Waals surface area contributed by atoms with Gasteiger partial charge in [0, 0.05) is 31.0 Å². The van der Waals surface area contributed by atoms with Gasteiger partial charge in [-0.25, -0.2) is 9.59 Å². The molecule has 2 rings (SSSR count). The van der Waals surface area contributed by atoms with Gasteiger partial charge in [-0.3, -0.25) is 0 Å². The third-order valence-electron chi connectivity index (χ3n) is 5.23. The van der Waals surface area contributed by atoms with E-state index in [1.165, 1.54) is 50.6 Å². The number of hydrogen-bond donors (Lipinski definition) is 5. The van der Waals surface area contributed by atoms with Crippen LogP contribution in [0.3, 0.4) is 0 Å². The Labute approximate surface area is 197 Å². The summed E-state index contributed by atoms with van der Waals surface area (Å²) in [6.45, 7) is 3.51. The third kappa shape index (κ3) is 16.7. The van der Waals surface area contributed by atoms with Crippen LogP contribution in [-0.2, 0) is 9.59 Å². The molecular formula is C25H40N2O6. The molecule has 0 atom stereocenters. The van der Waals surface area contributed by atoms with Crippen molar-refractivity contribution < 1.29 is 29.6 Å². The van der Waals surface area contributed by atoms with E-state index in [0.717, 1.165) is 44.6 Å². The van der Waals surface area contributed by atoms with Crippen LogP contribution in [0.2, 0.25) is 0 Å². The summed E-state index contributed by atoms with van der Waals surface area (Å²) in [5.74, 6) is -1.53. The van der Waals surface area contributed by atoms with Crippen LogP contribution in [-0.4, -0.2) is 59.6 Å². The van der Waals surface area contributed by atoms with Crippen LogP contribution >= 0.6 is 0 Å². The third-order valence-corrected chi connectivity index (χ3v) is 5.23. The van der Waals surface area contributed by atoms with Crippen molar-refractivity contribution in [1.82, 2.24) is 5.32 Å². The summed E-state index contributed by atoms with van der Waals surface area (Å²) >= 11 is 0. The quantitative estimate of drug-likeness (QED) is 0.194. The molecule has 0 amide bonds. The van der Waals surface area contributed by atoms with Gasteiger partial charge in [-0.2, -0.15) is 0 Å². The Morgan fingerprint density at radius 1 is 0.879 bits per heavy atom. The van der Waals surface area contributed by atoms with Crippen LogP contribution in [0.4, 0.5) is 5.69 Å². The summed E-state index contributed by atoms with van der Waals surface area (Å²) in [5, 5.41) is 31.2. The van der Waals surface area contributed by atoms with E-state index in [2.05, 4.69) is 34.9 Å². The maximum atomic E-state index is 9.55. The van der Waals surface area contributed by atoms with Gasteiger partial charge in [0.15, 0.2) is 0 Å². The molecule has 0 spiro atoms. The number of carbonyl (C=O) groups is 2. The number of benzene rings is 1. The number of hydrogen-bond acceptors (Lipinski definition) is 6. The lowest BCUT2D eigenvalue weighted by molar-refractivity contribution is -0.134. The minimum atomic E-state index is -1.26. The minimum absolute atomic E-state index is 0.344. The average molecular weight is 465 g/mol. The maximum absolute atomic E-state index is 9.55. The Balaban J connectivity index is 0.000000582. The number of ether oxygens (including phenoxy) is 1. The number of aliphatic carboxylic acids is 2. The zero-order chi connectivity index (χ0) is 24.2. The van der Waals surface area contributed by atoms with E-state index in [0.29, 0.717) is 24.9 Å². The molecule has 0 unspecified atom stereocenters. The summed E-state index contributed by atoms with van der Waals surface area (Å²) in [7, 11) is 0. The molecule has 0 aromatic heterocycles. The maximum Gasteiger partial charge on any atom is 0.328 e. The first kappa shape index (κ1) is 28.5. The number of piperidine rings is 1. The van der Waals surface area contributed by atoms with Gasteiger partial charge in [-0.15, -0.1) is 0 Å². The first-order chi connectivity index (χ1) is 16.0. The van der Waals surface area contributed by atoms with E-state index in [1.54, 1.807) is 0 Å². The summed E-state index contributed by atoms with van der Waals surface area (Å²) in [5.41, 5.74) is 1.18. The molecular weight excluding hydrogens is 424 g/mol. The fourth-order valence-corrected chi connectivity index (χ4v) is 3.43. The number of aliphatic hydroxyl groups excluding tert-OH is 1. The SMILES string of the molecule is O=C(O)/C=C/C(=O)O.OCCCCCCCCCCNc1ccc(OC2CCNCC2)cc1. The van der Waals surface area contributed by atoms with E-state index in [-0.39, 0.29) is 0 Å². The van der Waals surface area contributed by atoms with Crippen molar-refractivity contribution in [3.05, 3.63) is 36.4 Å². The van der Waals surface area contributed by atoms with Gasteiger partial charge in [0.05, 0.1) is 0 Å². The van der Waals surface area contributed by atoms with Crippen LogP contribution in [0.15, 0.2) is 36.4 Å². The molecule has 0 aliphatic carbocycles. The largest absolute Gasteiger partial charge is 0.490 e. The second kappa shape index (κ2) is 18.9. The van der Waals surface area contributed by atoms with Gasteiger partial charge in [0.2, 0.25) is 0 Å². The van der Waals surface area contributed by atoms with Crippen LogP contribution in [0.25, 0.3) is 0 Å². The monoisotopic (exact) mass is 464 g/mol. The Morgan fingerprint density at radius 3 is 1.91 bits per heavy atom. The molecule has 0 bridgehead atoms. The molecule has 1 aliphatic heterocycles. The van der Waals surface area contributed by atoms with Crippen molar-refractivity contribution in [3.8, 4) is 5.75 Å². The molecule has 1 aromatic rings. The Kier molecular flexibility index (Phi) is 16.3. The van der Waals surface area contributed by atoms with Crippen molar-refractivity contribution in [2.75, 3.05) is 31.6 Å². The van der Waals surface area contributed by atoms with Gasteiger partial charge in [0.25, 0.3) is 0 Å². The van der Waals surface area contributed by atoms with E-state index in [9.17, 15) is 9.59 Å². The van der Waals surface area contributed by atoms with E-state index < -0.39 is 11.9 Å². The highest BCUT2D eigenvalue weighted by Crippen LogP contribution is 2.19. The van der Waals surface area contributed by atoms with Crippen molar-refractivity contribution in [2.24, 2.45) is 0 Å². The molecule has 5 N–H and O–H groups in total. The first-order valence-electron chi connectivity index (χ1n) is 12.0. The van der Waals surface area contributed by atoms with Crippen molar-refractivity contribution in [1.29, 1.82) is 0 Å². The molecule has 1 fully saturated rings. The number of anilines is 1. The molecule has 1 aromatic carbocycles. The summed E-state index contributed by atoms with van der Waals surface area (Å²) in [6, 6.07) is 8.41. The van der Waals surface area contributed by atoms with Gasteiger partial charge in [-0.05, 0) is 63.0 Å². The first-order valence-corrected chi connectivity index (χ1v) is 12.0. The fourth-order valence-electron chi connectivity index (χ4n) is 3.43. The number of carboxylic acids is 2. The number of rotatable bonds is 15.